The van der Waals surface area contributed by atoms with E-state index in [0.29, 0.717) is 5.56 Å². The van der Waals surface area contributed by atoms with Crippen LogP contribution in [0, 0.1) is 0 Å². The van der Waals surface area contributed by atoms with E-state index >= 15 is 0 Å². The molecule has 0 saturated carbocycles. The molecular formula is C19H19NO5. The van der Waals surface area contributed by atoms with E-state index in [0.717, 1.165) is 10.6 Å². The van der Waals surface area contributed by atoms with Crippen LogP contribution in [0.1, 0.15) is 41.3 Å². The van der Waals surface area contributed by atoms with Crippen molar-refractivity contribution in [3.8, 4) is 0 Å². The number of amides is 1. The van der Waals surface area contributed by atoms with E-state index in [-0.39, 0.29) is 12.1 Å². The summed E-state index contributed by atoms with van der Waals surface area (Å²) in [6, 6.07) is 15.4. The van der Waals surface area contributed by atoms with Gasteiger partial charge in [-0.05, 0) is 24.1 Å². The number of rotatable bonds is 5. The number of benzene rings is 2. The summed E-state index contributed by atoms with van der Waals surface area (Å²) in [7, 11) is 0. The lowest BCUT2D eigenvalue weighted by molar-refractivity contribution is -0.199. The SMILES string of the molecule is CC(=O)ON(Cc1ccccc1C(=O)O)C(=O)C(C)c1ccccc1. The summed E-state index contributed by atoms with van der Waals surface area (Å²) in [6.45, 7) is 2.76. The minimum absolute atomic E-state index is 0.0554. The molecule has 1 amide bonds. The molecule has 6 heteroatoms. The van der Waals surface area contributed by atoms with Crippen molar-refractivity contribution >= 4 is 17.8 Å². The fourth-order valence-corrected chi connectivity index (χ4v) is 2.43. The Hall–Kier alpha value is -3.15. The van der Waals surface area contributed by atoms with Gasteiger partial charge in [-0.1, -0.05) is 48.5 Å². The van der Waals surface area contributed by atoms with Gasteiger partial charge < -0.3 is 9.94 Å². The average molecular weight is 341 g/mol. The van der Waals surface area contributed by atoms with Gasteiger partial charge in [0.2, 0.25) is 0 Å². The zero-order chi connectivity index (χ0) is 18.4. The summed E-state index contributed by atoms with van der Waals surface area (Å²) in [5.41, 5.74) is 1.21. The number of carboxylic acid groups (broad SMARTS) is 1. The molecule has 0 aliphatic heterocycles. The maximum absolute atomic E-state index is 12.8. The normalized spacial score (nSPS) is 11.4. The third kappa shape index (κ3) is 4.67. The summed E-state index contributed by atoms with van der Waals surface area (Å²) < 4.78 is 0. The maximum Gasteiger partial charge on any atom is 0.336 e. The summed E-state index contributed by atoms with van der Waals surface area (Å²) in [5, 5.41) is 10.2. The third-order valence-electron chi connectivity index (χ3n) is 3.72. The molecule has 0 aliphatic carbocycles. The van der Waals surface area contributed by atoms with Crippen LogP contribution in [0.5, 0.6) is 0 Å². The Balaban J connectivity index is 2.29. The van der Waals surface area contributed by atoms with Gasteiger partial charge in [0.05, 0.1) is 18.0 Å². The van der Waals surface area contributed by atoms with Gasteiger partial charge in [-0.3, -0.25) is 9.59 Å². The molecule has 2 aromatic rings. The second-order valence-corrected chi connectivity index (χ2v) is 5.55. The molecular weight excluding hydrogens is 322 g/mol. The number of hydrogen-bond acceptors (Lipinski definition) is 4. The Kier molecular flexibility index (Phi) is 5.89. The molecule has 0 saturated heterocycles. The van der Waals surface area contributed by atoms with Crippen molar-refractivity contribution in [2.75, 3.05) is 0 Å². The molecule has 2 aromatic carbocycles. The van der Waals surface area contributed by atoms with Crippen LogP contribution in [0.25, 0.3) is 0 Å². The average Bonchev–Trinajstić information content (AvgIpc) is 2.60. The first kappa shape index (κ1) is 18.2. The second kappa shape index (κ2) is 8.10. The highest BCUT2D eigenvalue weighted by atomic mass is 16.7. The first-order chi connectivity index (χ1) is 11.9. The van der Waals surface area contributed by atoms with Crippen molar-refractivity contribution in [3.05, 3.63) is 71.3 Å². The van der Waals surface area contributed by atoms with Crippen LogP contribution in [0.4, 0.5) is 0 Å². The van der Waals surface area contributed by atoms with E-state index in [1.54, 1.807) is 37.3 Å². The fraction of sp³-hybridized carbons (Fsp3) is 0.211. The third-order valence-corrected chi connectivity index (χ3v) is 3.72. The van der Waals surface area contributed by atoms with Crippen molar-refractivity contribution in [2.24, 2.45) is 0 Å². The molecule has 6 nitrogen and oxygen atoms in total. The van der Waals surface area contributed by atoms with Gasteiger partial charge in [0, 0.05) is 6.92 Å². The number of carboxylic acids is 1. The van der Waals surface area contributed by atoms with Crippen molar-refractivity contribution in [2.45, 2.75) is 26.3 Å². The highest BCUT2D eigenvalue weighted by Gasteiger charge is 2.26. The van der Waals surface area contributed by atoms with Crippen LogP contribution in [0.3, 0.4) is 0 Å². The van der Waals surface area contributed by atoms with E-state index in [1.165, 1.54) is 13.0 Å². The van der Waals surface area contributed by atoms with E-state index in [1.807, 2.05) is 18.2 Å². The van der Waals surface area contributed by atoms with Gasteiger partial charge in [0.25, 0.3) is 5.91 Å². The van der Waals surface area contributed by atoms with Crippen molar-refractivity contribution in [3.63, 3.8) is 0 Å². The Bertz CT molecular complexity index is 772. The monoisotopic (exact) mass is 341 g/mol. The van der Waals surface area contributed by atoms with Gasteiger partial charge >= 0.3 is 11.9 Å². The number of aromatic carboxylic acids is 1. The van der Waals surface area contributed by atoms with Crippen molar-refractivity contribution in [1.82, 2.24) is 5.06 Å². The number of hydroxylamine groups is 2. The molecule has 0 aliphatic rings. The quantitative estimate of drug-likeness (QED) is 0.845. The molecule has 0 aromatic heterocycles. The van der Waals surface area contributed by atoms with Gasteiger partial charge in [-0.25, -0.2) is 4.79 Å². The summed E-state index contributed by atoms with van der Waals surface area (Å²) >= 11 is 0. The van der Waals surface area contributed by atoms with Gasteiger partial charge in [0.15, 0.2) is 0 Å². The molecule has 0 radical (unpaired) electrons. The van der Waals surface area contributed by atoms with Crippen molar-refractivity contribution < 1.29 is 24.3 Å². The predicted molar refractivity (Wildman–Crippen MR) is 90.6 cm³/mol. The highest BCUT2D eigenvalue weighted by molar-refractivity contribution is 5.90. The van der Waals surface area contributed by atoms with E-state index in [2.05, 4.69) is 0 Å². The second-order valence-electron chi connectivity index (χ2n) is 5.55. The minimum Gasteiger partial charge on any atom is -0.478 e. The van der Waals surface area contributed by atoms with Crippen LogP contribution in [-0.2, 0) is 21.0 Å². The van der Waals surface area contributed by atoms with Crippen LogP contribution in [0.15, 0.2) is 54.6 Å². The molecule has 1 atom stereocenters. The first-order valence-electron chi connectivity index (χ1n) is 7.76. The molecule has 0 fully saturated rings. The zero-order valence-electron chi connectivity index (χ0n) is 14.0. The Morgan fingerprint density at radius 1 is 1.04 bits per heavy atom. The maximum atomic E-state index is 12.8. The lowest BCUT2D eigenvalue weighted by atomic mass is 10.00. The van der Waals surface area contributed by atoms with E-state index in [9.17, 15) is 19.5 Å². The van der Waals surface area contributed by atoms with Gasteiger partial charge in [0.1, 0.15) is 0 Å². The lowest BCUT2D eigenvalue weighted by Gasteiger charge is -2.24. The van der Waals surface area contributed by atoms with Crippen LogP contribution < -0.4 is 0 Å². The van der Waals surface area contributed by atoms with Crippen LogP contribution in [0.2, 0.25) is 0 Å². The Labute approximate surface area is 145 Å². The largest absolute Gasteiger partial charge is 0.478 e. The summed E-state index contributed by atoms with van der Waals surface area (Å²) in [6.07, 6.45) is 0. The number of hydrogen-bond donors (Lipinski definition) is 1. The molecule has 1 N–H and O–H groups in total. The Morgan fingerprint density at radius 2 is 1.64 bits per heavy atom. The molecule has 0 heterocycles. The number of nitrogens with zero attached hydrogens (tertiary/aromatic N) is 1. The molecule has 130 valence electrons. The van der Waals surface area contributed by atoms with Crippen LogP contribution in [-0.4, -0.2) is 28.0 Å². The lowest BCUT2D eigenvalue weighted by Crippen LogP contribution is -2.35. The highest BCUT2D eigenvalue weighted by Crippen LogP contribution is 2.20. The topological polar surface area (TPSA) is 83.9 Å². The zero-order valence-corrected chi connectivity index (χ0v) is 14.0. The number of carbonyl (C=O) groups is 3. The van der Waals surface area contributed by atoms with Gasteiger partial charge in [-0.2, -0.15) is 5.06 Å². The smallest absolute Gasteiger partial charge is 0.336 e. The predicted octanol–water partition coefficient (Wildman–Crippen LogP) is 3.00. The minimum atomic E-state index is -1.11. The van der Waals surface area contributed by atoms with Crippen LogP contribution >= 0.6 is 0 Å². The van der Waals surface area contributed by atoms with E-state index < -0.39 is 23.8 Å². The fourth-order valence-electron chi connectivity index (χ4n) is 2.43. The standard InChI is InChI=1S/C19H19NO5/c1-13(15-8-4-3-5-9-15)18(22)20(25-14(2)21)12-16-10-6-7-11-17(16)19(23)24/h3-11,13H,12H2,1-2H3,(H,23,24). The van der Waals surface area contributed by atoms with Crippen molar-refractivity contribution in [1.29, 1.82) is 0 Å². The number of carbonyl (C=O) groups excluding carboxylic acids is 2. The Morgan fingerprint density at radius 3 is 2.24 bits per heavy atom. The van der Waals surface area contributed by atoms with Gasteiger partial charge in [-0.15, -0.1) is 0 Å². The molecule has 0 bridgehead atoms. The molecule has 25 heavy (non-hydrogen) atoms. The van der Waals surface area contributed by atoms with E-state index in [4.69, 9.17) is 4.84 Å². The molecule has 2 rings (SSSR count). The first-order valence-corrected chi connectivity index (χ1v) is 7.76. The summed E-state index contributed by atoms with van der Waals surface area (Å²) in [4.78, 5) is 40.5. The molecule has 1 unspecified atom stereocenters. The molecule has 0 spiro atoms. The summed E-state index contributed by atoms with van der Waals surface area (Å²) in [5.74, 6) is -2.73.